The van der Waals surface area contributed by atoms with Gasteiger partial charge in [0.1, 0.15) is 12.2 Å². The van der Waals surface area contributed by atoms with Crippen molar-refractivity contribution in [3.63, 3.8) is 0 Å². The smallest absolute Gasteiger partial charge is 0.138 e. The van der Waals surface area contributed by atoms with Gasteiger partial charge in [-0.15, -0.1) is 0 Å². The molecule has 0 aliphatic rings. The van der Waals surface area contributed by atoms with Crippen LogP contribution in [0.4, 0.5) is 15.9 Å². The van der Waals surface area contributed by atoms with E-state index in [0.29, 0.717) is 16.4 Å². The van der Waals surface area contributed by atoms with E-state index in [4.69, 9.17) is 11.1 Å². The number of anilines is 2. The minimum absolute atomic E-state index is 0.149. The molecule has 17 heavy (non-hydrogen) atoms. The fraction of sp³-hybridized carbons (Fsp3) is 0.182. The first-order valence-corrected chi connectivity index (χ1v) is 4.91. The summed E-state index contributed by atoms with van der Waals surface area (Å²) >= 11 is 0. The molecule has 90 valence electrons. The second-order valence-corrected chi connectivity index (χ2v) is 3.29. The first kappa shape index (κ1) is 12.8. The maximum Gasteiger partial charge on any atom is 0.138 e. The van der Waals surface area contributed by atoms with Crippen molar-refractivity contribution in [3.8, 4) is 0 Å². The van der Waals surface area contributed by atoms with Crippen LogP contribution in [-0.4, -0.2) is 25.4 Å². The monoisotopic (exact) mass is 235 g/mol. The van der Waals surface area contributed by atoms with E-state index < -0.39 is 0 Å². The van der Waals surface area contributed by atoms with E-state index in [1.165, 1.54) is 25.4 Å². The number of hydrogen-bond acceptors (Lipinski definition) is 3. The molecule has 6 heteroatoms. The molecule has 0 spiro atoms. The summed E-state index contributed by atoms with van der Waals surface area (Å²) in [4.78, 5) is 7.42. The van der Waals surface area contributed by atoms with Gasteiger partial charge in [-0.1, -0.05) is 4.48 Å². The minimum Gasteiger partial charge on any atom is -0.398 e. The number of nitrogens with one attached hydrogen (secondary N) is 1. The second kappa shape index (κ2) is 5.74. The number of benzene rings is 1. The third-order valence-electron chi connectivity index (χ3n) is 2.10. The molecule has 0 amide bonds. The van der Waals surface area contributed by atoms with Crippen molar-refractivity contribution in [2.45, 2.75) is 6.92 Å². The molecule has 0 atom stereocenters. The van der Waals surface area contributed by atoms with Gasteiger partial charge in [0.05, 0.1) is 5.69 Å². The predicted octanol–water partition coefficient (Wildman–Crippen LogP) is 2.03. The second-order valence-electron chi connectivity index (χ2n) is 3.29. The molecule has 0 saturated carbocycles. The number of hydrogen-bond donors (Lipinski definition) is 2. The van der Waals surface area contributed by atoms with Crippen LogP contribution in [0.25, 0.3) is 0 Å². The Bertz CT molecular complexity index is 467. The SMILES string of the molecule is CN=CN=C(C)N(F)c1ccc(N)c(C=N)c1. The standard InChI is InChI=1S/C11H14FN5/c1-8(16-7-15-2)17(12)10-3-4-11(14)9(5-10)6-13/h3-7,13H,14H2,1-2H3. The van der Waals surface area contributed by atoms with E-state index in [0.717, 1.165) is 6.21 Å². The fourth-order valence-electron chi connectivity index (χ4n) is 1.19. The molecule has 0 aliphatic carbocycles. The molecule has 0 aromatic heterocycles. The minimum atomic E-state index is 0.149. The molecule has 1 aromatic carbocycles. The highest BCUT2D eigenvalue weighted by atomic mass is 19.2. The van der Waals surface area contributed by atoms with Crippen LogP contribution in [0.1, 0.15) is 12.5 Å². The summed E-state index contributed by atoms with van der Waals surface area (Å²) < 4.78 is 13.8. The lowest BCUT2D eigenvalue weighted by Crippen LogP contribution is -2.19. The average Bonchev–Trinajstić information content (AvgIpc) is 2.35. The van der Waals surface area contributed by atoms with Gasteiger partial charge in [0.2, 0.25) is 0 Å². The van der Waals surface area contributed by atoms with Gasteiger partial charge in [-0.3, -0.25) is 4.99 Å². The Morgan fingerprint density at radius 2 is 2.24 bits per heavy atom. The third-order valence-corrected chi connectivity index (χ3v) is 2.10. The van der Waals surface area contributed by atoms with E-state index in [2.05, 4.69) is 9.98 Å². The van der Waals surface area contributed by atoms with Gasteiger partial charge in [0.15, 0.2) is 0 Å². The largest absolute Gasteiger partial charge is 0.398 e. The Morgan fingerprint density at radius 3 is 2.82 bits per heavy atom. The van der Waals surface area contributed by atoms with Gasteiger partial charge in [-0.2, -0.15) is 5.12 Å². The number of amidine groups is 1. The highest BCUT2D eigenvalue weighted by molar-refractivity contribution is 5.99. The molecule has 0 fully saturated rings. The molecular formula is C11H14FN5. The molecule has 0 unspecified atom stereocenters. The molecule has 0 saturated heterocycles. The summed E-state index contributed by atoms with van der Waals surface area (Å²) in [7, 11) is 1.55. The number of nitrogens with two attached hydrogens (primary N) is 1. The van der Waals surface area contributed by atoms with Crippen molar-refractivity contribution in [1.29, 1.82) is 5.41 Å². The number of nitrogens with zero attached hydrogens (tertiary/aromatic N) is 3. The van der Waals surface area contributed by atoms with Crippen LogP contribution in [-0.2, 0) is 0 Å². The van der Waals surface area contributed by atoms with E-state index in [1.54, 1.807) is 13.1 Å². The molecule has 3 N–H and O–H groups in total. The third kappa shape index (κ3) is 3.10. The van der Waals surface area contributed by atoms with Crippen molar-refractivity contribution >= 4 is 29.8 Å². The van der Waals surface area contributed by atoms with Crippen LogP contribution in [0.2, 0.25) is 0 Å². The van der Waals surface area contributed by atoms with Crippen molar-refractivity contribution in [2.24, 2.45) is 9.98 Å². The van der Waals surface area contributed by atoms with E-state index in [-0.39, 0.29) is 11.5 Å². The average molecular weight is 235 g/mol. The lowest BCUT2D eigenvalue weighted by molar-refractivity contribution is 0.519. The van der Waals surface area contributed by atoms with Crippen molar-refractivity contribution < 1.29 is 4.48 Å². The summed E-state index contributed by atoms with van der Waals surface area (Å²) in [6.45, 7) is 1.52. The van der Waals surface area contributed by atoms with E-state index in [1.807, 2.05) is 0 Å². The van der Waals surface area contributed by atoms with Crippen LogP contribution in [0, 0.1) is 5.41 Å². The van der Waals surface area contributed by atoms with Crippen molar-refractivity contribution in [2.75, 3.05) is 17.9 Å². The van der Waals surface area contributed by atoms with Gasteiger partial charge < -0.3 is 11.1 Å². The Balaban J connectivity index is 3.04. The van der Waals surface area contributed by atoms with Gasteiger partial charge in [-0.05, 0) is 25.1 Å². The lowest BCUT2D eigenvalue weighted by Gasteiger charge is -2.13. The van der Waals surface area contributed by atoms with Crippen LogP contribution >= 0.6 is 0 Å². The number of aliphatic imine (C=N–C) groups is 2. The normalized spacial score (nSPS) is 11.8. The zero-order valence-corrected chi connectivity index (χ0v) is 9.68. The molecule has 0 aliphatic heterocycles. The predicted molar refractivity (Wildman–Crippen MR) is 69.9 cm³/mol. The molecule has 0 bridgehead atoms. The van der Waals surface area contributed by atoms with E-state index in [9.17, 15) is 4.48 Å². The van der Waals surface area contributed by atoms with Crippen molar-refractivity contribution in [1.82, 2.24) is 0 Å². The number of rotatable bonds is 3. The number of halogens is 1. The molecule has 1 rings (SSSR count). The number of nitrogen functional groups attached to an aromatic ring is 1. The molecular weight excluding hydrogens is 221 g/mol. The Labute approximate surface area is 98.9 Å². The van der Waals surface area contributed by atoms with Crippen molar-refractivity contribution in [3.05, 3.63) is 23.8 Å². The van der Waals surface area contributed by atoms with E-state index >= 15 is 0 Å². The van der Waals surface area contributed by atoms with Gasteiger partial charge in [0.25, 0.3) is 0 Å². The Kier molecular flexibility index (Phi) is 4.33. The Morgan fingerprint density at radius 1 is 1.53 bits per heavy atom. The highest BCUT2D eigenvalue weighted by Crippen LogP contribution is 2.20. The summed E-state index contributed by atoms with van der Waals surface area (Å²) in [5.41, 5.74) is 6.77. The first-order valence-electron chi connectivity index (χ1n) is 4.91. The van der Waals surface area contributed by atoms with Gasteiger partial charge in [0, 0.05) is 24.5 Å². The quantitative estimate of drug-likeness (QED) is 0.364. The molecule has 0 heterocycles. The molecule has 1 aromatic rings. The zero-order chi connectivity index (χ0) is 12.8. The summed E-state index contributed by atoms with van der Waals surface area (Å²) in [6, 6.07) is 4.54. The highest BCUT2D eigenvalue weighted by Gasteiger charge is 2.09. The topological polar surface area (TPSA) is 77.8 Å². The summed E-state index contributed by atoms with van der Waals surface area (Å²) in [5, 5.41) is 7.55. The van der Waals surface area contributed by atoms with Crippen LogP contribution in [0.3, 0.4) is 0 Å². The van der Waals surface area contributed by atoms with Crippen LogP contribution in [0.5, 0.6) is 0 Å². The molecule has 5 nitrogen and oxygen atoms in total. The summed E-state index contributed by atoms with van der Waals surface area (Å²) in [5.74, 6) is 0.149. The Hall–Kier alpha value is -2.24. The maximum atomic E-state index is 13.8. The fourth-order valence-corrected chi connectivity index (χ4v) is 1.19. The maximum absolute atomic E-state index is 13.8. The van der Waals surface area contributed by atoms with Crippen LogP contribution in [0.15, 0.2) is 28.2 Å². The van der Waals surface area contributed by atoms with Crippen LogP contribution < -0.4 is 10.9 Å². The van der Waals surface area contributed by atoms with Gasteiger partial charge >= 0.3 is 0 Å². The molecule has 0 radical (unpaired) electrons. The summed E-state index contributed by atoms with van der Waals surface area (Å²) in [6.07, 6.45) is 2.34. The first-order chi connectivity index (χ1) is 8.10. The lowest BCUT2D eigenvalue weighted by atomic mass is 10.1. The van der Waals surface area contributed by atoms with Gasteiger partial charge in [-0.25, -0.2) is 4.99 Å². The zero-order valence-electron chi connectivity index (χ0n) is 9.68.